The minimum absolute atomic E-state index is 0.00396. The first-order chi connectivity index (χ1) is 8.11. The number of halogens is 1. The van der Waals surface area contributed by atoms with Crippen molar-refractivity contribution in [2.45, 2.75) is 19.4 Å². The number of carbonyl (C=O) groups is 1. The highest BCUT2D eigenvalue weighted by Gasteiger charge is 2.30. The largest absolute Gasteiger partial charge is 0.310 e. The first kappa shape index (κ1) is 12.0. The van der Waals surface area contributed by atoms with E-state index >= 15 is 0 Å². The molecule has 1 unspecified atom stereocenters. The first-order valence-corrected chi connectivity index (χ1v) is 6.04. The molecule has 1 aromatic rings. The first-order valence-electron chi connectivity index (χ1n) is 5.25. The Labute approximate surface area is 107 Å². The molecule has 5 heteroatoms. The average Bonchev–Trinajstić information content (AvgIpc) is 2.64. The van der Waals surface area contributed by atoms with Crippen LogP contribution >= 0.6 is 15.9 Å². The van der Waals surface area contributed by atoms with E-state index in [1.54, 1.807) is 4.90 Å². The zero-order valence-electron chi connectivity index (χ0n) is 9.31. The lowest BCUT2D eigenvalue weighted by Gasteiger charge is -2.16. The van der Waals surface area contributed by atoms with E-state index in [9.17, 15) is 9.59 Å². The Balaban J connectivity index is 2.25. The fourth-order valence-electron chi connectivity index (χ4n) is 1.90. The van der Waals surface area contributed by atoms with Gasteiger partial charge in [0.25, 0.3) is 0 Å². The predicted molar refractivity (Wildman–Crippen MR) is 67.8 cm³/mol. The van der Waals surface area contributed by atoms with E-state index in [-0.39, 0.29) is 18.4 Å². The molecule has 1 heterocycles. The number of amides is 1. The predicted octanol–water partition coefficient (Wildman–Crippen LogP) is 2.20. The number of nitrogens with zero attached hydrogens (tertiary/aromatic N) is 2. The quantitative estimate of drug-likeness (QED) is 0.620. The highest BCUT2D eigenvalue weighted by atomic mass is 79.9. The second-order valence-electron chi connectivity index (χ2n) is 4.02. The molecular formula is C12H11BrN2O2. The van der Waals surface area contributed by atoms with Gasteiger partial charge in [-0.25, -0.2) is 9.79 Å². The van der Waals surface area contributed by atoms with E-state index in [1.807, 2.05) is 25.1 Å². The molecule has 0 radical (unpaired) electrons. The molecule has 0 aromatic heterocycles. The van der Waals surface area contributed by atoms with Crippen molar-refractivity contribution < 1.29 is 9.59 Å². The van der Waals surface area contributed by atoms with Gasteiger partial charge in [-0.3, -0.25) is 4.79 Å². The van der Waals surface area contributed by atoms with Gasteiger partial charge in [0.15, 0.2) is 0 Å². The Morgan fingerprint density at radius 3 is 2.94 bits per heavy atom. The van der Waals surface area contributed by atoms with Crippen molar-refractivity contribution in [1.29, 1.82) is 0 Å². The van der Waals surface area contributed by atoms with Gasteiger partial charge in [0.05, 0.1) is 12.5 Å². The number of aliphatic imine (C=N–C) groups is 1. The van der Waals surface area contributed by atoms with Crippen molar-refractivity contribution >= 4 is 33.6 Å². The van der Waals surface area contributed by atoms with Gasteiger partial charge in [-0.15, -0.1) is 0 Å². The molecule has 17 heavy (non-hydrogen) atoms. The number of isocyanates is 1. The molecule has 1 aliphatic rings. The molecule has 1 atom stereocenters. The van der Waals surface area contributed by atoms with Crippen LogP contribution in [0.5, 0.6) is 0 Å². The van der Waals surface area contributed by atoms with Crippen LogP contribution in [0.15, 0.2) is 27.7 Å². The molecular weight excluding hydrogens is 284 g/mol. The Bertz CT molecular complexity index is 509. The number of rotatable bonds is 2. The summed E-state index contributed by atoms with van der Waals surface area (Å²) in [5, 5.41) is 0. The second kappa shape index (κ2) is 4.82. The van der Waals surface area contributed by atoms with Gasteiger partial charge in [0.2, 0.25) is 12.0 Å². The van der Waals surface area contributed by atoms with E-state index in [2.05, 4.69) is 20.9 Å². The second-order valence-corrected chi connectivity index (χ2v) is 4.87. The molecule has 2 rings (SSSR count). The van der Waals surface area contributed by atoms with Crippen LogP contribution in [0.1, 0.15) is 12.0 Å². The molecule has 1 aromatic carbocycles. The molecule has 0 N–H and O–H groups in total. The molecule has 1 amide bonds. The van der Waals surface area contributed by atoms with Crippen molar-refractivity contribution in [3.05, 3.63) is 28.2 Å². The zero-order chi connectivity index (χ0) is 12.4. The van der Waals surface area contributed by atoms with Gasteiger partial charge in [0, 0.05) is 16.7 Å². The summed E-state index contributed by atoms with van der Waals surface area (Å²) in [5.41, 5.74) is 1.91. The molecule has 4 nitrogen and oxygen atoms in total. The van der Waals surface area contributed by atoms with E-state index in [1.165, 1.54) is 6.08 Å². The summed E-state index contributed by atoms with van der Waals surface area (Å²) in [6.45, 7) is 2.42. The Hall–Kier alpha value is -1.45. The van der Waals surface area contributed by atoms with Crippen LogP contribution in [0.3, 0.4) is 0 Å². The molecule has 1 saturated heterocycles. The third kappa shape index (κ3) is 2.46. The van der Waals surface area contributed by atoms with Gasteiger partial charge in [-0.2, -0.15) is 0 Å². The summed E-state index contributed by atoms with van der Waals surface area (Å²) in [6.07, 6.45) is 1.79. The van der Waals surface area contributed by atoms with Crippen molar-refractivity contribution in [3.8, 4) is 0 Å². The van der Waals surface area contributed by atoms with Crippen molar-refractivity contribution in [2.24, 2.45) is 4.99 Å². The lowest BCUT2D eigenvalue weighted by atomic mass is 10.2. The molecule has 1 aliphatic heterocycles. The van der Waals surface area contributed by atoms with Crippen molar-refractivity contribution in [2.75, 3.05) is 11.4 Å². The fourth-order valence-corrected chi connectivity index (χ4v) is 2.14. The van der Waals surface area contributed by atoms with Gasteiger partial charge >= 0.3 is 0 Å². The van der Waals surface area contributed by atoms with Crippen molar-refractivity contribution in [1.82, 2.24) is 0 Å². The maximum absolute atomic E-state index is 11.8. The Morgan fingerprint density at radius 2 is 2.29 bits per heavy atom. The summed E-state index contributed by atoms with van der Waals surface area (Å²) in [4.78, 5) is 27.2. The van der Waals surface area contributed by atoms with Crippen LogP contribution < -0.4 is 4.90 Å². The maximum atomic E-state index is 11.8. The molecule has 1 fully saturated rings. The van der Waals surface area contributed by atoms with Gasteiger partial charge in [-0.1, -0.05) is 15.9 Å². The van der Waals surface area contributed by atoms with Crippen LogP contribution in [-0.4, -0.2) is 24.6 Å². The molecule has 0 saturated carbocycles. The minimum atomic E-state index is -0.260. The van der Waals surface area contributed by atoms with Crippen LogP contribution in [0.25, 0.3) is 0 Å². The van der Waals surface area contributed by atoms with Gasteiger partial charge in [0.1, 0.15) is 0 Å². The highest BCUT2D eigenvalue weighted by Crippen LogP contribution is 2.27. The SMILES string of the molecule is Cc1cc(N2CC(N=C=O)CC2=O)ccc1Br. The zero-order valence-corrected chi connectivity index (χ0v) is 10.9. The van der Waals surface area contributed by atoms with Crippen LogP contribution in [-0.2, 0) is 9.59 Å². The van der Waals surface area contributed by atoms with Crippen molar-refractivity contribution in [3.63, 3.8) is 0 Å². The normalized spacial score (nSPS) is 19.3. The summed E-state index contributed by atoms with van der Waals surface area (Å²) in [5.74, 6) is -0.00396. The summed E-state index contributed by atoms with van der Waals surface area (Å²) in [7, 11) is 0. The van der Waals surface area contributed by atoms with Gasteiger partial charge in [-0.05, 0) is 30.7 Å². The maximum Gasteiger partial charge on any atom is 0.235 e. The average molecular weight is 295 g/mol. The number of hydrogen-bond donors (Lipinski definition) is 0. The number of anilines is 1. The monoisotopic (exact) mass is 294 g/mol. The molecule has 0 aliphatic carbocycles. The molecule has 0 bridgehead atoms. The van der Waals surface area contributed by atoms with E-state index < -0.39 is 0 Å². The molecule has 0 spiro atoms. The number of carbonyl (C=O) groups excluding carboxylic acids is 2. The number of hydrogen-bond acceptors (Lipinski definition) is 3. The van der Waals surface area contributed by atoms with E-state index in [0.29, 0.717) is 6.54 Å². The van der Waals surface area contributed by atoms with E-state index in [4.69, 9.17) is 0 Å². The topological polar surface area (TPSA) is 49.7 Å². The van der Waals surface area contributed by atoms with Crippen LogP contribution in [0.4, 0.5) is 5.69 Å². The number of benzene rings is 1. The third-order valence-electron chi connectivity index (χ3n) is 2.79. The lowest BCUT2D eigenvalue weighted by Crippen LogP contribution is -2.24. The Morgan fingerprint density at radius 1 is 1.53 bits per heavy atom. The Kier molecular flexibility index (Phi) is 3.41. The highest BCUT2D eigenvalue weighted by molar-refractivity contribution is 9.10. The minimum Gasteiger partial charge on any atom is -0.310 e. The fraction of sp³-hybridized carbons (Fsp3) is 0.333. The summed E-state index contributed by atoms with van der Waals surface area (Å²) in [6, 6.07) is 5.47. The molecule has 88 valence electrons. The van der Waals surface area contributed by atoms with Crippen LogP contribution in [0, 0.1) is 6.92 Å². The summed E-state index contributed by atoms with van der Waals surface area (Å²) >= 11 is 3.42. The standard InChI is InChI=1S/C12H11BrN2O2/c1-8-4-10(2-3-11(8)13)15-6-9(14-7-16)5-12(15)17/h2-4,9H,5-6H2,1H3. The van der Waals surface area contributed by atoms with Crippen LogP contribution in [0.2, 0.25) is 0 Å². The number of aryl methyl sites for hydroxylation is 1. The third-order valence-corrected chi connectivity index (χ3v) is 3.68. The smallest absolute Gasteiger partial charge is 0.235 e. The van der Waals surface area contributed by atoms with Gasteiger partial charge < -0.3 is 4.90 Å². The lowest BCUT2D eigenvalue weighted by molar-refractivity contribution is -0.117. The van der Waals surface area contributed by atoms with E-state index in [0.717, 1.165) is 15.7 Å². The summed E-state index contributed by atoms with van der Waals surface area (Å²) < 4.78 is 1.01.